The highest BCUT2D eigenvalue weighted by atomic mass is 127. The van der Waals surface area contributed by atoms with Gasteiger partial charge in [-0.05, 0) is 47.2 Å². The molecule has 1 rings (SSSR count). The third-order valence-electron chi connectivity index (χ3n) is 1.43. The van der Waals surface area contributed by atoms with E-state index in [-0.39, 0.29) is 5.56 Å². The maximum Gasteiger partial charge on any atom is 0.134 e. The number of halogens is 3. The third kappa shape index (κ3) is 1.83. The van der Waals surface area contributed by atoms with E-state index in [1.807, 2.05) is 22.6 Å². The van der Waals surface area contributed by atoms with Gasteiger partial charge in [0, 0.05) is 9.13 Å². The fourth-order valence-corrected chi connectivity index (χ4v) is 1.50. The average Bonchev–Trinajstić information content (AvgIpc) is 1.82. The topological polar surface area (TPSA) is 0 Å². The number of benzene rings is 1. The SMILES string of the molecule is C=C(C)c1c(F)cc(I)cc1F. The molecule has 0 aromatic heterocycles. The molecule has 64 valence electrons. The van der Waals surface area contributed by atoms with Gasteiger partial charge in [0.05, 0.1) is 0 Å². The molecule has 0 heterocycles. The van der Waals surface area contributed by atoms with Crippen LogP contribution >= 0.6 is 22.6 Å². The molecule has 3 heteroatoms. The van der Waals surface area contributed by atoms with E-state index in [0.29, 0.717) is 9.14 Å². The van der Waals surface area contributed by atoms with Gasteiger partial charge in [-0.15, -0.1) is 0 Å². The van der Waals surface area contributed by atoms with Gasteiger partial charge in [0.15, 0.2) is 0 Å². The maximum absolute atomic E-state index is 13.1. The lowest BCUT2D eigenvalue weighted by molar-refractivity contribution is 0.575. The summed E-state index contributed by atoms with van der Waals surface area (Å²) in [7, 11) is 0. The van der Waals surface area contributed by atoms with Gasteiger partial charge in [0.2, 0.25) is 0 Å². The number of rotatable bonds is 1. The molecule has 0 aliphatic rings. The Bertz CT molecular complexity index is 308. The molecule has 0 spiro atoms. The van der Waals surface area contributed by atoms with Crippen molar-refractivity contribution in [2.75, 3.05) is 0 Å². The molecule has 0 N–H and O–H groups in total. The van der Waals surface area contributed by atoms with Crippen molar-refractivity contribution >= 4 is 28.2 Å². The summed E-state index contributed by atoms with van der Waals surface area (Å²) in [5, 5.41) is 0. The first kappa shape index (κ1) is 9.64. The lowest BCUT2D eigenvalue weighted by atomic mass is 10.1. The smallest absolute Gasteiger partial charge is 0.134 e. The molecule has 0 unspecified atom stereocenters. The molecular weight excluding hydrogens is 273 g/mol. The Kier molecular flexibility index (Phi) is 2.82. The first-order valence-corrected chi connectivity index (χ1v) is 4.40. The van der Waals surface area contributed by atoms with Crippen LogP contribution in [0.4, 0.5) is 8.78 Å². The minimum atomic E-state index is -0.549. The van der Waals surface area contributed by atoms with Crippen LogP contribution in [0.3, 0.4) is 0 Å². The second-order valence-corrected chi connectivity index (χ2v) is 3.77. The standard InChI is InChI=1S/C9H7F2I/c1-5(2)9-7(10)3-6(12)4-8(9)11/h3-4H,1H2,2H3. The molecule has 0 radical (unpaired) electrons. The van der Waals surface area contributed by atoms with Gasteiger partial charge in [0.1, 0.15) is 11.6 Å². The summed E-state index contributed by atoms with van der Waals surface area (Å²) in [6.07, 6.45) is 0. The van der Waals surface area contributed by atoms with E-state index >= 15 is 0 Å². The number of hydrogen-bond donors (Lipinski definition) is 0. The lowest BCUT2D eigenvalue weighted by Crippen LogP contribution is -1.93. The Labute approximate surface area is 83.4 Å². The largest absolute Gasteiger partial charge is 0.206 e. The van der Waals surface area contributed by atoms with E-state index in [1.165, 1.54) is 12.1 Å². The Balaban J connectivity index is 3.38. The second-order valence-electron chi connectivity index (χ2n) is 2.52. The van der Waals surface area contributed by atoms with Crippen LogP contribution in [0.1, 0.15) is 12.5 Å². The summed E-state index contributed by atoms with van der Waals surface area (Å²) >= 11 is 1.86. The first-order valence-electron chi connectivity index (χ1n) is 3.33. The van der Waals surface area contributed by atoms with E-state index in [4.69, 9.17) is 0 Å². The minimum Gasteiger partial charge on any atom is -0.206 e. The van der Waals surface area contributed by atoms with Gasteiger partial charge in [0.25, 0.3) is 0 Å². The molecule has 1 aromatic rings. The Morgan fingerprint density at radius 3 is 2.08 bits per heavy atom. The molecule has 0 amide bonds. The van der Waals surface area contributed by atoms with Crippen LogP contribution in [0.5, 0.6) is 0 Å². The van der Waals surface area contributed by atoms with Gasteiger partial charge < -0.3 is 0 Å². The zero-order chi connectivity index (χ0) is 9.30. The van der Waals surface area contributed by atoms with E-state index in [1.54, 1.807) is 6.92 Å². The quantitative estimate of drug-likeness (QED) is 0.689. The van der Waals surface area contributed by atoms with E-state index < -0.39 is 11.6 Å². The Hall–Kier alpha value is -0.450. The van der Waals surface area contributed by atoms with Crippen molar-refractivity contribution in [1.29, 1.82) is 0 Å². The highest BCUT2D eigenvalue weighted by Crippen LogP contribution is 2.22. The van der Waals surface area contributed by atoms with Crippen molar-refractivity contribution in [1.82, 2.24) is 0 Å². The molecule has 0 fully saturated rings. The van der Waals surface area contributed by atoms with Gasteiger partial charge in [-0.1, -0.05) is 6.58 Å². The van der Waals surface area contributed by atoms with Crippen molar-refractivity contribution in [2.24, 2.45) is 0 Å². The molecule has 0 saturated carbocycles. The first-order chi connectivity index (χ1) is 5.52. The van der Waals surface area contributed by atoms with E-state index in [2.05, 4.69) is 6.58 Å². The Morgan fingerprint density at radius 2 is 1.75 bits per heavy atom. The minimum absolute atomic E-state index is 0.0181. The summed E-state index contributed by atoms with van der Waals surface area (Å²) in [5.41, 5.74) is 0.386. The summed E-state index contributed by atoms with van der Waals surface area (Å²) in [6.45, 7) is 5.07. The van der Waals surface area contributed by atoms with Crippen LogP contribution in [0.25, 0.3) is 5.57 Å². The van der Waals surface area contributed by atoms with Crippen molar-refractivity contribution in [3.05, 3.63) is 39.5 Å². The summed E-state index contributed by atoms with van der Waals surface area (Å²) in [4.78, 5) is 0. The predicted molar refractivity (Wildman–Crippen MR) is 53.8 cm³/mol. The fraction of sp³-hybridized carbons (Fsp3) is 0.111. The molecule has 0 aliphatic heterocycles. The molecule has 0 atom stereocenters. The molecule has 0 bridgehead atoms. The second kappa shape index (κ2) is 3.51. The Morgan fingerprint density at radius 1 is 1.33 bits per heavy atom. The zero-order valence-electron chi connectivity index (χ0n) is 6.50. The highest BCUT2D eigenvalue weighted by Gasteiger charge is 2.10. The number of allylic oxidation sites excluding steroid dienone is 1. The summed E-state index contributed by atoms with van der Waals surface area (Å²) < 4.78 is 26.7. The molecule has 0 aliphatic carbocycles. The third-order valence-corrected chi connectivity index (χ3v) is 2.06. The monoisotopic (exact) mass is 280 g/mol. The predicted octanol–water partition coefficient (Wildman–Crippen LogP) is 3.60. The van der Waals surface area contributed by atoms with Gasteiger partial charge >= 0.3 is 0 Å². The van der Waals surface area contributed by atoms with Crippen LogP contribution in [-0.2, 0) is 0 Å². The molecule has 0 nitrogen and oxygen atoms in total. The van der Waals surface area contributed by atoms with Crippen LogP contribution in [0.15, 0.2) is 18.7 Å². The summed E-state index contributed by atoms with van der Waals surface area (Å²) in [6, 6.07) is 2.57. The normalized spacial score (nSPS) is 10.0. The maximum atomic E-state index is 13.1. The average molecular weight is 280 g/mol. The van der Waals surface area contributed by atoms with Gasteiger partial charge in [-0.2, -0.15) is 0 Å². The van der Waals surface area contributed by atoms with Crippen LogP contribution in [-0.4, -0.2) is 0 Å². The van der Waals surface area contributed by atoms with Gasteiger partial charge in [-0.3, -0.25) is 0 Å². The van der Waals surface area contributed by atoms with Crippen molar-refractivity contribution in [2.45, 2.75) is 6.92 Å². The van der Waals surface area contributed by atoms with E-state index in [9.17, 15) is 8.78 Å². The number of hydrogen-bond acceptors (Lipinski definition) is 0. The molecular formula is C9H7F2I. The fourth-order valence-electron chi connectivity index (χ4n) is 0.950. The van der Waals surface area contributed by atoms with Crippen LogP contribution in [0, 0.1) is 15.2 Å². The molecule has 0 saturated heterocycles. The van der Waals surface area contributed by atoms with E-state index in [0.717, 1.165) is 0 Å². The lowest BCUT2D eigenvalue weighted by Gasteiger charge is -2.03. The van der Waals surface area contributed by atoms with Crippen molar-refractivity contribution in [3.8, 4) is 0 Å². The summed E-state index contributed by atoms with van der Waals surface area (Å²) in [5.74, 6) is -1.10. The highest BCUT2D eigenvalue weighted by molar-refractivity contribution is 14.1. The molecule has 12 heavy (non-hydrogen) atoms. The van der Waals surface area contributed by atoms with Gasteiger partial charge in [-0.25, -0.2) is 8.78 Å². The van der Waals surface area contributed by atoms with Crippen molar-refractivity contribution in [3.63, 3.8) is 0 Å². The molecule has 1 aromatic carbocycles. The van der Waals surface area contributed by atoms with Crippen LogP contribution in [0.2, 0.25) is 0 Å². The zero-order valence-corrected chi connectivity index (χ0v) is 8.65. The van der Waals surface area contributed by atoms with Crippen LogP contribution < -0.4 is 0 Å². The van der Waals surface area contributed by atoms with Crippen molar-refractivity contribution < 1.29 is 8.78 Å².